The highest BCUT2D eigenvalue weighted by Crippen LogP contribution is 2.13. The minimum atomic E-state index is -2.81. The maximum atomic E-state index is 10.8. The third-order valence-corrected chi connectivity index (χ3v) is 3.50. The molecule has 1 aliphatic rings. The number of nitrogens with one attached hydrogen (secondary N) is 1. The Hall–Kier alpha value is -0.780. The summed E-state index contributed by atoms with van der Waals surface area (Å²) in [4.78, 5) is 4.07. The number of guanidine groups is 1. The van der Waals surface area contributed by atoms with Crippen molar-refractivity contribution in [3.8, 4) is 0 Å². The monoisotopic (exact) mass is 219 g/mol. The average molecular weight is 219 g/mol. The molecule has 0 bridgehead atoms. The molecule has 14 heavy (non-hydrogen) atoms. The second-order valence-corrected chi connectivity index (χ2v) is 6.77. The zero-order valence-electron chi connectivity index (χ0n) is 8.74. The van der Waals surface area contributed by atoms with Crippen LogP contribution in [-0.2, 0) is 9.84 Å². The lowest BCUT2D eigenvalue weighted by molar-refractivity contribution is 0.505. The van der Waals surface area contributed by atoms with Crippen molar-refractivity contribution in [1.82, 2.24) is 5.32 Å². The van der Waals surface area contributed by atoms with E-state index in [4.69, 9.17) is 5.73 Å². The number of nitrogens with two attached hydrogens (primary N) is 1. The number of hydrogen-bond acceptors (Lipinski definition) is 3. The van der Waals surface area contributed by atoms with Crippen molar-refractivity contribution in [2.24, 2.45) is 10.7 Å². The smallest absolute Gasteiger partial charge is 0.189 e. The Morgan fingerprint density at radius 1 is 1.43 bits per heavy atom. The molecule has 1 rings (SSSR count). The summed E-state index contributed by atoms with van der Waals surface area (Å²) in [7, 11) is -2.81. The molecule has 0 aliphatic carbocycles. The van der Waals surface area contributed by atoms with Crippen molar-refractivity contribution in [3.05, 3.63) is 0 Å². The summed E-state index contributed by atoms with van der Waals surface area (Å²) >= 11 is 0. The van der Waals surface area contributed by atoms with Crippen molar-refractivity contribution < 1.29 is 8.42 Å². The van der Waals surface area contributed by atoms with Crippen molar-refractivity contribution in [2.75, 3.05) is 11.5 Å². The number of aliphatic imine (C=N–C) groups is 1. The summed E-state index contributed by atoms with van der Waals surface area (Å²) in [5.74, 6) is 0.566. The van der Waals surface area contributed by atoms with Gasteiger partial charge in [-0.05, 0) is 20.8 Å². The van der Waals surface area contributed by atoms with E-state index >= 15 is 0 Å². The van der Waals surface area contributed by atoms with Gasteiger partial charge in [-0.15, -0.1) is 0 Å². The minimum absolute atomic E-state index is 0.125. The molecule has 0 unspecified atom stereocenters. The highest BCUT2D eigenvalue weighted by molar-refractivity contribution is 7.92. The van der Waals surface area contributed by atoms with Gasteiger partial charge in [-0.25, -0.2) is 13.4 Å². The van der Waals surface area contributed by atoms with Crippen LogP contribution in [0, 0.1) is 0 Å². The first-order valence-electron chi connectivity index (χ1n) is 4.50. The van der Waals surface area contributed by atoms with Crippen LogP contribution in [-0.4, -0.2) is 37.5 Å². The fourth-order valence-electron chi connectivity index (χ4n) is 1.23. The molecule has 0 aromatic carbocycles. The molecule has 3 N–H and O–H groups in total. The van der Waals surface area contributed by atoms with Gasteiger partial charge < -0.3 is 11.1 Å². The minimum Gasteiger partial charge on any atom is -0.370 e. The van der Waals surface area contributed by atoms with Crippen LogP contribution in [0.2, 0.25) is 0 Å². The summed E-state index contributed by atoms with van der Waals surface area (Å²) in [5.41, 5.74) is 5.46. The van der Waals surface area contributed by atoms with E-state index in [-0.39, 0.29) is 23.1 Å². The lowest BCUT2D eigenvalue weighted by Crippen LogP contribution is -2.48. The molecule has 0 aromatic heterocycles. The number of hydrogen-bond donors (Lipinski definition) is 2. The van der Waals surface area contributed by atoms with Gasteiger partial charge in [0.05, 0.1) is 17.5 Å². The van der Waals surface area contributed by atoms with Crippen LogP contribution in [0.15, 0.2) is 4.99 Å². The third kappa shape index (κ3) is 3.53. The quantitative estimate of drug-likeness (QED) is 0.459. The molecule has 1 heterocycles. The SMILES string of the molecule is CC(C)(C)NC(N)=NC1CS(=O)(=O)C1. The van der Waals surface area contributed by atoms with Crippen molar-refractivity contribution in [2.45, 2.75) is 32.4 Å². The molecule has 0 amide bonds. The van der Waals surface area contributed by atoms with Gasteiger partial charge in [-0.2, -0.15) is 0 Å². The Morgan fingerprint density at radius 2 is 1.93 bits per heavy atom. The molecule has 0 aromatic rings. The molecule has 0 saturated carbocycles. The summed E-state index contributed by atoms with van der Waals surface area (Å²) in [5, 5.41) is 2.98. The molecular formula is C8H17N3O2S. The zero-order chi connectivity index (χ0) is 11.0. The Morgan fingerprint density at radius 3 is 2.29 bits per heavy atom. The molecule has 0 atom stereocenters. The largest absolute Gasteiger partial charge is 0.370 e. The van der Waals surface area contributed by atoms with Crippen LogP contribution in [0.25, 0.3) is 0 Å². The first-order chi connectivity index (χ1) is 6.18. The first kappa shape index (κ1) is 11.3. The predicted octanol–water partition coefficient (Wildman–Crippen LogP) is -0.514. The van der Waals surface area contributed by atoms with E-state index in [1.807, 2.05) is 20.8 Å². The van der Waals surface area contributed by atoms with Crippen LogP contribution < -0.4 is 11.1 Å². The average Bonchev–Trinajstić information content (AvgIpc) is 1.76. The van der Waals surface area contributed by atoms with Gasteiger partial charge in [0.1, 0.15) is 0 Å². The van der Waals surface area contributed by atoms with Gasteiger partial charge in [-0.1, -0.05) is 0 Å². The van der Waals surface area contributed by atoms with Crippen LogP contribution >= 0.6 is 0 Å². The van der Waals surface area contributed by atoms with Crippen LogP contribution in [0.4, 0.5) is 0 Å². The molecule has 1 aliphatic heterocycles. The number of sulfone groups is 1. The molecule has 0 spiro atoms. The van der Waals surface area contributed by atoms with Gasteiger partial charge in [0.2, 0.25) is 0 Å². The topological polar surface area (TPSA) is 84.5 Å². The molecular weight excluding hydrogens is 202 g/mol. The normalized spacial score (nSPS) is 22.9. The lowest BCUT2D eigenvalue weighted by atomic mass is 10.1. The van der Waals surface area contributed by atoms with Gasteiger partial charge >= 0.3 is 0 Å². The van der Waals surface area contributed by atoms with Gasteiger partial charge in [0.25, 0.3) is 0 Å². The fraction of sp³-hybridized carbons (Fsp3) is 0.875. The third-order valence-electron chi connectivity index (χ3n) is 1.72. The Labute approximate surface area is 84.7 Å². The van der Waals surface area contributed by atoms with Crippen LogP contribution in [0.5, 0.6) is 0 Å². The van der Waals surface area contributed by atoms with Crippen molar-refractivity contribution in [3.63, 3.8) is 0 Å². The molecule has 6 heteroatoms. The number of nitrogens with zero attached hydrogens (tertiary/aromatic N) is 1. The first-order valence-corrected chi connectivity index (χ1v) is 6.32. The predicted molar refractivity (Wildman–Crippen MR) is 57.0 cm³/mol. The van der Waals surface area contributed by atoms with Crippen LogP contribution in [0.1, 0.15) is 20.8 Å². The van der Waals surface area contributed by atoms with E-state index in [0.29, 0.717) is 5.96 Å². The maximum Gasteiger partial charge on any atom is 0.189 e. The summed E-state index contributed by atoms with van der Waals surface area (Å²) in [6.45, 7) is 5.90. The standard InChI is InChI=1S/C8H17N3O2S/c1-8(2,3)11-7(9)10-6-4-14(12,13)5-6/h6H,4-5H2,1-3H3,(H3,9,10,11). The maximum absolute atomic E-state index is 10.8. The number of rotatable bonds is 1. The van der Waals surface area contributed by atoms with Crippen molar-refractivity contribution >= 4 is 15.8 Å². The Bertz CT molecular complexity index is 328. The van der Waals surface area contributed by atoms with Crippen molar-refractivity contribution in [1.29, 1.82) is 0 Å². The van der Waals surface area contributed by atoms with E-state index in [0.717, 1.165) is 0 Å². The molecule has 0 radical (unpaired) electrons. The second kappa shape index (κ2) is 3.42. The summed E-state index contributed by atoms with van der Waals surface area (Å²) in [6.07, 6.45) is 0. The molecule has 5 nitrogen and oxygen atoms in total. The summed E-state index contributed by atoms with van der Waals surface area (Å²) in [6, 6.07) is -0.158. The fourth-order valence-corrected chi connectivity index (χ4v) is 2.45. The van der Waals surface area contributed by atoms with E-state index in [9.17, 15) is 8.42 Å². The van der Waals surface area contributed by atoms with Gasteiger partial charge in [-0.3, -0.25) is 0 Å². The Kier molecular flexibility index (Phi) is 2.76. The molecule has 1 saturated heterocycles. The van der Waals surface area contributed by atoms with Gasteiger partial charge in [0.15, 0.2) is 15.8 Å². The van der Waals surface area contributed by atoms with E-state index in [1.165, 1.54) is 0 Å². The zero-order valence-corrected chi connectivity index (χ0v) is 9.56. The summed E-state index contributed by atoms with van der Waals surface area (Å²) < 4.78 is 21.7. The van der Waals surface area contributed by atoms with E-state index in [2.05, 4.69) is 10.3 Å². The van der Waals surface area contributed by atoms with Crippen LogP contribution in [0.3, 0.4) is 0 Å². The Balaban J connectivity index is 2.47. The highest BCUT2D eigenvalue weighted by atomic mass is 32.2. The molecule has 1 fully saturated rings. The lowest BCUT2D eigenvalue weighted by Gasteiger charge is -2.25. The molecule has 82 valence electrons. The van der Waals surface area contributed by atoms with E-state index in [1.54, 1.807) is 0 Å². The second-order valence-electron chi connectivity index (χ2n) is 4.62. The highest BCUT2D eigenvalue weighted by Gasteiger charge is 2.33. The van der Waals surface area contributed by atoms with Gasteiger partial charge in [0, 0.05) is 5.54 Å². The van der Waals surface area contributed by atoms with E-state index < -0.39 is 9.84 Å².